The van der Waals surface area contributed by atoms with Crippen LogP contribution in [0.5, 0.6) is 0 Å². The number of amides is 1. The molecule has 1 N–H and O–H groups in total. The first kappa shape index (κ1) is 21.2. The van der Waals surface area contributed by atoms with Crippen molar-refractivity contribution in [2.75, 3.05) is 39.5 Å². The van der Waals surface area contributed by atoms with E-state index >= 15 is 0 Å². The first-order valence-electron chi connectivity index (χ1n) is 10.0. The molecule has 0 bridgehead atoms. The molecule has 9 heteroatoms. The second-order valence-electron chi connectivity index (χ2n) is 7.51. The zero-order chi connectivity index (χ0) is 20.7. The minimum atomic E-state index is -0.881. The third-order valence-corrected chi connectivity index (χ3v) is 5.74. The molecule has 9 nitrogen and oxygen atoms in total. The van der Waals surface area contributed by atoms with Crippen molar-refractivity contribution in [3.63, 3.8) is 0 Å². The van der Waals surface area contributed by atoms with E-state index in [2.05, 4.69) is 10.2 Å². The zero-order valence-electron chi connectivity index (χ0n) is 16.4. The van der Waals surface area contributed by atoms with Gasteiger partial charge in [0.1, 0.15) is 5.56 Å². The molecule has 0 aromatic heterocycles. The maximum Gasteiger partial charge on any atom is 0.345 e. The number of rotatable bonds is 7. The van der Waals surface area contributed by atoms with Gasteiger partial charge in [-0.05, 0) is 18.9 Å². The van der Waals surface area contributed by atoms with Crippen molar-refractivity contribution in [3.8, 4) is 0 Å². The van der Waals surface area contributed by atoms with Gasteiger partial charge < -0.3 is 14.8 Å². The number of nitro benzene ring substituents is 1. The molecule has 2 fully saturated rings. The number of nitrogens with zero attached hydrogens (tertiary/aromatic N) is 2. The Hall–Kier alpha value is -2.52. The van der Waals surface area contributed by atoms with Crippen LogP contribution in [-0.2, 0) is 14.3 Å². The van der Waals surface area contributed by atoms with Gasteiger partial charge in [-0.3, -0.25) is 19.8 Å². The summed E-state index contributed by atoms with van der Waals surface area (Å²) in [7, 11) is 0. The number of nitro groups is 1. The average molecular weight is 405 g/mol. The third-order valence-electron chi connectivity index (χ3n) is 5.74. The van der Waals surface area contributed by atoms with Crippen LogP contribution in [0.1, 0.15) is 42.5 Å². The molecule has 1 saturated carbocycles. The van der Waals surface area contributed by atoms with Crippen LogP contribution >= 0.6 is 0 Å². The van der Waals surface area contributed by atoms with Crippen molar-refractivity contribution in [2.45, 2.75) is 37.6 Å². The van der Waals surface area contributed by atoms with Gasteiger partial charge in [-0.25, -0.2) is 4.79 Å². The van der Waals surface area contributed by atoms with Gasteiger partial charge in [0.05, 0.1) is 18.1 Å². The summed E-state index contributed by atoms with van der Waals surface area (Å²) in [5.41, 5.74) is -0.589. The van der Waals surface area contributed by atoms with Gasteiger partial charge in [0.2, 0.25) is 0 Å². The van der Waals surface area contributed by atoms with Crippen molar-refractivity contribution in [2.24, 2.45) is 0 Å². The maximum absolute atomic E-state index is 12.3. The Balaban J connectivity index is 1.54. The Morgan fingerprint density at radius 3 is 2.55 bits per heavy atom. The summed E-state index contributed by atoms with van der Waals surface area (Å²) in [4.78, 5) is 37.3. The summed E-state index contributed by atoms with van der Waals surface area (Å²) in [6.07, 6.45) is 5.49. The molecule has 2 aliphatic rings. The lowest BCUT2D eigenvalue weighted by molar-refractivity contribution is -0.385. The standard InChI is InChI=1S/C20H27N3O6/c24-18(14-29-19(25)16-6-2-3-7-17(16)23(26)27)21-15-20(8-4-1-5-9-20)22-10-12-28-13-11-22/h2-3,6-7H,1,4-5,8-15H2,(H,21,24). The van der Waals surface area contributed by atoms with Crippen LogP contribution in [0.15, 0.2) is 24.3 Å². The fourth-order valence-corrected chi connectivity index (χ4v) is 4.18. The highest BCUT2D eigenvalue weighted by Crippen LogP contribution is 2.33. The van der Waals surface area contributed by atoms with E-state index in [0.29, 0.717) is 19.8 Å². The van der Waals surface area contributed by atoms with Crippen molar-refractivity contribution in [3.05, 3.63) is 39.9 Å². The van der Waals surface area contributed by atoms with E-state index in [1.807, 2.05) is 0 Å². The van der Waals surface area contributed by atoms with Gasteiger partial charge in [0, 0.05) is 31.2 Å². The van der Waals surface area contributed by atoms with Crippen LogP contribution < -0.4 is 5.32 Å². The molecule has 1 aromatic rings. The van der Waals surface area contributed by atoms with Crippen LogP contribution in [0, 0.1) is 10.1 Å². The lowest BCUT2D eigenvalue weighted by Gasteiger charge is -2.48. The molecule has 1 amide bonds. The number of morpholine rings is 1. The second kappa shape index (κ2) is 9.80. The van der Waals surface area contributed by atoms with E-state index in [1.165, 1.54) is 30.7 Å². The molecule has 29 heavy (non-hydrogen) atoms. The fraction of sp³-hybridized carbons (Fsp3) is 0.600. The number of esters is 1. The number of para-hydroxylation sites is 1. The Morgan fingerprint density at radius 1 is 1.17 bits per heavy atom. The number of carbonyl (C=O) groups excluding carboxylic acids is 2. The van der Waals surface area contributed by atoms with Crippen LogP contribution in [0.25, 0.3) is 0 Å². The molecule has 1 aliphatic heterocycles. The van der Waals surface area contributed by atoms with E-state index in [9.17, 15) is 19.7 Å². The van der Waals surface area contributed by atoms with Crippen LogP contribution in [0.2, 0.25) is 0 Å². The number of hydrogen-bond acceptors (Lipinski definition) is 7. The van der Waals surface area contributed by atoms with Gasteiger partial charge in [-0.1, -0.05) is 31.4 Å². The van der Waals surface area contributed by atoms with Crippen LogP contribution in [0.4, 0.5) is 5.69 Å². The normalized spacial score (nSPS) is 19.3. The molecule has 0 unspecified atom stereocenters. The third kappa shape index (κ3) is 5.30. The largest absolute Gasteiger partial charge is 0.452 e. The predicted molar refractivity (Wildman–Crippen MR) is 105 cm³/mol. The van der Waals surface area contributed by atoms with Crippen LogP contribution in [-0.4, -0.2) is 66.7 Å². The molecule has 0 radical (unpaired) electrons. The smallest absolute Gasteiger partial charge is 0.345 e. The van der Waals surface area contributed by atoms with Gasteiger partial charge in [0.25, 0.3) is 11.6 Å². The van der Waals surface area contributed by atoms with E-state index in [4.69, 9.17) is 9.47 Å². The lowest BCUT2D eigenvalue weighted by atomic mass is 9.79. The Kier molecular flexibility index (Phi) is 7.16. The Morgan fingerprint density at radius 2 is 1.86 bits per heavy atom. The minimum absolute atomic E-state index is 0.0834. The molecule has 1 aromatic carbocycles. The SMILES string of the molecule is O=C(COC(=O)c1ccccc1[N+](=O)[O-])NCC1(N2CCOCC2)CCCCC1. The number of benzene rings is 1. The predicted octanol–water partition coefficient (Wildman–Crippen LogP) is 1.90. The van der Waals surface area contributed by atoms with E-state index in [-0.39, 0.29) is 16.8 Å². The lowest BCUT2D eigenvalue weighted by Crippen LogP contribution is -2.59. The monoisotopic (exact) mass is 405 g/mol. The van der Waals surface area contributed by atoms with Crippen LogP contribution in [0.3, 0.4) is 0 Å². The number of hydrogen-bond donors (Lipinski definition) is 1. The average Bonchev–Trinajstić information content (AvgIpc) is 2.77. The summed E-state index contributed by atoms with van der Waals surface area (Å²) >= 11 is 0. The van der Waals surface area contributed by atoms with Gasteiger partial charge >= 0.3 is 5.97 Å². The van der Waals surface area contributed by atoms with Crippen molar-refractivity contribution in [1.82, 2.24) is 10.2 Å². The molecule has 1 heterocycles. The summed E-state index contributed by atoms with van der Waals surface area (Å²) in [6, 6.07) is 5.52. The van der Waals surface area contributed by atoms with Gasteiger partial charge in [-0.15, -0.1) is 0 Å². The molecule has 1 aliphatic carbocycles. The highest BCUT2D eigenvalue weighted by atomic mass is 16.6. The molecular formula is C20H27N3O6. The number of nitrogens with one attached hydrogen (secondary N) is 1. The summed E-state index contributed by atoms with van der Waals surface area (Å²) in [5.74, 6) is -1.29. The molecule has 3 rings (SSSR count). The summed E-state index contributed by atoms with van der Waals surface area (Å²) < 4.78 is 10.5. The van der Waals surface area contributed by atoms with E-state index in [1.54, 1.807) is 0 Å². The Labute approximate surface area is 169 Å². The molecule has 0 atom stereocenters. The van der Waals surface area contributed by atoms with Crippen molar-refractivity contribution in [1.29, 1.82) is 0 Å². The van der Waals surface area contributed by atoms with Gasteiger partial charge in [-0.2, -0.15) is 0 Å². The number of carbonyl (C=O) groups is 2. The maximum atomic E-state index is 12.3. The van der Waals surface area contributed by atoms with Crippen molar-refractivity contribution >= 4 is 17.6 Å². The Bertz CT molecular complexity index is 741. The summed E-state index contributed by atoms with van der Waals surface area (Å²) in [6.45, 7) is 3.12. The minimum Gasteiger partial charge on any atom is -0.452 e. The van der Waals surface area contributed by atoms with Crippen molar-refractivity contribution < 1.29 is 24.0 Å². The summed E-state index contributed by atoms with van der Waals surface area (Å²) in [5, 5.41) is 13.9. The fourth-order valence-electron chi connectivity index (χ4n) is 4.18. The van der Waals surface area contributed by atoms with E-state index < -0.39 is 23.4 Å². The molecular weight excluding hydrogens is 378 g/mol. The zero-order valence-corrected chi connectivity index (χ0v) is 16.4. The van der Waals surface area contributed by atoms with E-state index in [0.717, 1.165) is 38.8 Å². The number of ether oxygens (including phenoxy) is 2. The molecule has 1 saturated heterocycles. The molecule has 158 valence electrons. The first-order chi connectivity index (χ1) is 14.0. The second-order valence-corrected chi connectivity index (χ2v) is 7.51. The molecule has 0 spiro atoms. The quantitative estimate of drug-likeness (QED) is 0.419. The first-order valence-corrected chi connectivity index (χ1v) is 10.0. The highest BCUT2D eigenvalue weighted by molar-refractivity contribution is 5.95. The van der Waals surface area contributed by atoms with Gasteiger partial charge in [0.15, 0.2) is 6.61 Å². The highest BCUT2D eigenvalue weighted by Gasteiger charge is 2.38. The topological polar surface area (TPSA) is 111 Å².